The normalized spacial score (nSPS) is 14.7. The molecule has 0 bridgehead atoms. The number of phosphoric ester groups is 2. The molecule has 0 aliphatic rings. The van der Waals surface area contributed by atoms with E-state index < -0.39 is 97.5 Å². The molecule has 90 heavy (non-hydrogen) atoms. The number of aliphatic hydroxyl groups is 1. The molecular formula is C71H138O17P2. The van der Waals surface area contributed by atoms with Gasteiger partial charge in [-0.1, -0.05) is 311 Å². The van der Waals surface area contributed by atoms with Gasteiger partial charge in [0.2, 0.25) is 0 Å². The maximum absolute atomic E-state index is 13.0. The number of carbonyl (C=O) groups excluding carboxylic acids is 4. The molecule has 534 valence electrons. The molecule has 0 aliphatic carbocycles. The largest absolute Gasteiger partial charge is 0.472 e. The molecule has 0 fully saturated rings. The van der Waals surface area contributed by atoms with Crippen molar-refractivity contribution in [3.05, 3.63) is 0 Å². The maximum atomic E-state index is 13.0. The van der Waals surface area contributed by atoms with Gasteiger partial charge in [-0.2, -0.15) is 0 Å². The van der Waals surface area contributed by atoms with E-state index in [0.717, 1.165) is 115 Å². The van der Waals surface area contributed by atoms with Crippen molar-refractivity contribution in [3.8, 4) is 0 Å². The standard InChI is InChI=1S/C71H138O17P2/c1-7-11-13-15-17-18-19-20-21-25-28-31-35-42-48-54-69(74)82-60-66(87-70(75)55-49-43-36-32-29-26-23-22-24-27-30-34-39-45-51-63(5)9-3)61-85-89(77,78)83-57-65(72)58-84-90(79,80)86-62-67(59-81-68(73)53-47-41-33-16-14-12-8-2)88-71(76)56-50-44-38-37-40-46-52-64(6)10-4/h63-67,72H,7-62H2,1-6H3,(H,77,78)(H,79,80)/t63?,64?,65-,66-,67-/m1/s1. The average Bonchev–Trinajstić information content (AvgIpc) is 3.69. The number of aliphatic hydroxyl groups excluding tert-OH is 1. The lowest BCUT2D eigenvalue weighted by Gasteiger charge is -2.21. The van der Waals surface area contributed by atoms with Crippen molar-refractivity contribution in [2.45, 2.75) is 381 Å². The number of carbonyl (C=O) groups is 4. The average molecular weight is 1330 g/mol. The summed E-state index contributed by atoms with van der Waals surface area (Å²) in [7, 11) is -9.90. The molecule has 0 aromatic rings. The SMILES string of the molecule is CCCCCCCCCCCCCCCCCC(=O)OC[C@H](COP(=O)(O)OC[C@@H](O)COP(=O)(O)OC[C@@H](COC(=O)CCCCCCCCC)OC(=O)CCCCCCCCC(C)CC)OC(=O)CCCCCCCCCCCCCCCCC(C)CC. The van der Waals surface area contributed by atoms with Crippen LogP contribution in [0.5, 0.6) is 0 Å². The summed E-state index contributed by atoms with van der Waals surface area (Å²) in [5.41, 5.74) is 0. The van der Waals surface area contributed by atoms with E-state index in [4.69, 9.17) is 37.0 Å². The van der Waals surface area contributed by atoms with E-state index in [1.54, 1.807) is 0 Å². The van der Waals surface area contributed by atoms with Crippen molar-refractivity contribution in [1.29, 1.82) is 0 Å². The van der Waals surface area contributed by atoms with Gasteiger partial charge in [-0.3, -0.25) is 37.3 Å². The van der Waals surface area contributed by atoms with E-state index in [0.29, 0.717) is 25.7 Å². The predicted molar refractivity (Wildman–Crippen MR) is 363 cm³/mol. The van der Waals surface area contributed by atoms with Crippen LogP contribution in [-0.4, -0.2) is 96.7 Å². The van der Waals surface area contributed by atoms with Crippen molar-refractivity contribution in [2.24, 2.45) is 11.8 Å². The van der Waals surface area contributed by atoms with Crippen LogP contribution in [0.1, 0.15) is 363 Å². The fourth-order valence-corrected chi connectivity index (χ4v) is 12.3. The monoisotopic (exact) mass is 1320 g/mol. The first-order chi connectivity index (χ1) is 43.4. The first kappa shape index (κ1) is 88.1. The number of esters is 4. The Hall–Kier alpha value is -1.94. The van der Waals surface area contributed by atoms with Gasteiger partial charge in [0.05, 0.1) is 26.4 Å². The Labute approximate surface area is 549 Å². The minimum atomic E-state index is -4.95. The molecule has 0 aliphatic heterocycles. The number of ether oxygens (including phenoxy) is 4. The minimum Gasteiger partial charge on any atom is -0.462 e. The fourth-order valence-electron chi connectivity index (χ4n) is 10.7. The molecule has 0 saturated heterocycles. The molecule has 0 spiro atoms. The second kappa shape index (κ2) is 63.1. The van der Waals surface area contributed by atoms with Gasteiger partial charge in [-0.15, -0.1) is 0 Å². The third-order valence-electron chi connectivity index (χ3n) is 17.2. The third kappa shape index (κ3) is 62.2. The lowest BCUT2D eigenvalue weighted by molar-refractivity contribution is -0.161. The van der Waals surface area contributed by atoms with Crippen LogP contribution < -0.4 is 0 Å². The summed E-state index contributed by atoms with van der Waals surface area (Å²) in [4.78, 5) is 72.4. The van der Waals surface area contributed by atoms with Gasteiger partial charge in [-0.25, -0.2) is 9.13 Å². The van der Waals surface area contributed by atoms with Crippen molar-refractivity contribution >= 4 is 39.5 Å². The number of hydrogen-bond acceptors (Lipinski definition) is 15. The van der Waals surface area contributed by atoms with Crippen molar-refractivity contribution in [3.63, 3.8) is 0 Å². The minimum absolute atomic E-state index is 0.103. The summed E-state index contributed by atoms with van der Waals surface area (Å²) < 4.78 is 68.2. The molecule has 0 saturated carbocycles. The first-order valence-electron chi connectivity index (χ1n) is 37.1. The van der Waals surface area contributed by atoms with E-state index >= 15 is 0 Å². The van der Waals surface area contributed by atoms with E-state index in [1.807, 2.05) is 0 Å². The van der Waals surface area contributed by atoms with Crippen LogP contribution in [0.15, 0.2) is 0 Å². The van der Waals surface area contributed by atoms with Crippen LogP contribution in [0.25, 0.3) is 0 Å². The van der Waals surface area contributed by atoms with Crippen molar-refractivity contribution in [1.82, 2.24) is 0 Å². The molecule has 0 amide bonds. The highest BCUT2D eigenvalue weighted by Crippen LogP contribution is 2.45. The fraction of sp³-hybridized carbons (Fsp3) is 0.944. The van der Waals surface area contributed by atoms with E-state index in [2.05, 4.69) is 41.5 Å². The van der Waals surface area contributed by atoms with Gasteiger partial charge < -0.3 is 33.8 Å². The molecular weight excluding hydrogens is 1190 g/mol. The number of hydrogen-bond donors (Lipinski definition) is 3. The van der Waals surface area contributed by atoms with Crippen LogP contribution >= 0.6 is 15.6 Å². The van der Waals surface area contributed by atoms with E-state index in [1.165, 1.54) is 167 Å². The molecule has 7 atom stereocenters. The number of unbranched alkanes of at least 4 members (excludes halogenated alkanes) is 38. The number of phosphoric acid groups is 2. The Kier molecular flexibility index (Phi) is 61.8. The predicted octanol–water partition coefficient (Wildman–Crippen LogP) is 20.4. The van der Waals surface area contributed by atoms with Crippen LogP contribution in [-0.2, 0) is 65.4 Å². The summed E-state index contributed by atoms with van der Waals surface area (Å²) in [5.74, 6) is -0.563. The molecule has 19 heteroatoms. The summed E-state index contributed by atoms with van der Waals surface area (Å²) in [6.45, 7) is 9.52. The van der Waals surface area contributed by atoms with Gasteiger partial charge in [0, 0.05) is 25.7 Å². The quantitative estimate of drug-likeness (QED) is 0.0222. The van der Waals surface area contributed by atoms with E-state index in [-0.39, 0.29) is 25.7 Å². The molecule has 3 N–H and O–H groups in total. The Morgan fingerprint density at radius 1 is 0.311 bits per heavy atom. The van der Waals surface area contributed by atoms with Gasteiger partial charge in [0.25, 0.3) is 0 Å². The van der Waals surface area contributed by atoms with Crippen LogP contribution in [0, 0.1) is 11.8 Å². The smallest absolute Gasteiger partial charge is 0.462 e. The maximum Gasteiger partial charge on any atom is 0.472 e. The second-order valence-corrected chi connectivity index (χ2v) is 29.0. The molecule has 4 unspecified atom stereocenters. The third-order valence-corrected chi connectivity index (χ3v) is 19.1. The highest BCUT2D eigenvalue weighted by atomic mass is 31.2. The Balaban J connectivity index is 5.20. The van der Waals surface area contributed by atoms with Crippen molar-refractivity contribution in [2.75, 3.05) is 39.6 Å². The lowest BCUT2D eigenvalue weighted by Crippen LogP contribution is -2.30. The second-order valence-electron chi connectivity index (χ2n) is 26.1. The molecule has 0 aromatic heterocycles. The molecule has 0 heterocycles. The zero-order chi connectivity index (χ0) is 66.5. The van der Waals surface area contributed by atoms with Crippen LogP contribution in [0.4, 0.5) is 0 Å². The van der Waals surface area contributed by atoms with Crippen molar-refractivity contribution < 1.29 is 80.2 Å². The topological polar surface area (TPSA) is 237 Å². The molecule has 0 aromatic carbocycles. The Morgan fingerprint density at radius 3 is 0.789 bits per heavy atom. The lowest BCUT2D eigenvalue weighted by atomic mass is 9.99. The van der Waals surface area contributed by atoms with Gasteiger partial charge in [0.1, 0.15) is 19.3 Å². The summed E-state index contributed by atoms with van der Waals surface area (Å²) >= 11 is 0. The first-order valence-corrected chi connectivity index (χ1v) is 40.1. The van der Waals surface area contributed by atoms with E-state index in [9.17, 15) is 43.2 Å². The number of rotatable bonds is 70. The molecule has 0 rings (SSSR count). The summed E-state index contributed by atoms with van der Waals surface area (Å²) in [6.07, 6.45) is 48.7. The van der Waals surface area contributed by atoms with Gasteiger partial charge in [-0.05, 0) is 37.5 Å². The zero-order valence-electron chi connectivity index (χ0n) is 58.4. The Morgan fingerprint density at radius 2 is 0.533 bits per heavy atom. The molecule has 0 radical (unpaired) electrons. The van der Waals surface area contributed by atoms with Crippen LogP contribution in [0.3, 0.4) is 0 Å². The molecule has 17 nitrogen and oxygen atoms in total. The van der Waals surface area contributed by atoms with Crippen LogP contribution in [0.2, 0.25) is 0 Å². The van der Waals surface area contributed by atoms with Gasteiger partial charge >= 0.3 is 39.5 Å². The summed E-state index contributed by atoms with van der Waals surface area (Å²) in [6, 6.07) is 0. The highest BCUT2D eigenvalue weighted by molar-refractivity contribution is 7.47. The summed E-state index contributed by atoms with van der Waals surface area (Å²) in [5, 5.41) is 10.6. The van der Waals surface area contributed by atoms with Gasteiger partial charge in [0.15, 0.2) is 12.2 Å². The highest BCUT2D eigenvalue weighted by Gasteiger charge is 2.30. The Bertz CT molecular complexity index is 1760. The zero-order valence-corrected chi connectivity index (χ0v) is 60.2.